The number of carbonyl (C=O) groups excluding carboxylic acids is 1. The fourth-order valence-corrected chi connectivity index (χ4v) is 3.24. The van der Waals surface area contributed by atoms with Crippen LogP contribution in [0.15, 0.2) is 23.8 Å². The van der Waals surface area contributed by atoms with Crippen molar-refractivity contribution in [2.24, 2.45) is 0 Å². The smallest absolute Gasteiger partial charge is 0.340 e. The summed E-state index contributed by atoms with van der Waals surface area (Å²) in [5.74, 6) is -0.197. The Morgan fingerprint density at radius 3 is 2.91 bits per heavy atom. The van der Waals surface area contributed by atoms with Crippen molar-refractivity contribution in [3.63, 3.8) is 0 Å². The van der Waals surface area contributed by atoms with Crippen LogP contribution < -0.4 is 0 Å². The van der Waals surface area contributed by atoms with Crippen molar-refractivity contribution < 1.29 is 18.0 Å². The number of likely N-dealkylation sites (tertiary alicyclic amines) is 1. The van der Waals surface area contributed by atoms with E-state index in [4.69, 9.17) is 0 Å². The van der Waals surface area contributed by atoms with E-state index in [1.54, 1.807) is 15.8 Å². The molecule has 0 saturated carbocycles. The van der Waals surface area contributed by atoms with Crippen LogP contribution in [0.25, 0.3) is 0 Å². The van der Waals surface area contributed by atoms with Gasteiger partial charge in [-0.15, -0.1) is 11.3 Å². The molecule has 2 aromatic rings. The maximum Gasteiger partial charge on any atom is 0.434 e. The lowest BCUT2D eigenvalue weighted by molar-refractivity contribution is -0.141. The number of aromatic nitrogens is 3. The number of halogens is 3. The van der Waals surface area contributed by atoms with Crippen LogP contribution >= 0.6 is 11.3 Å². The minimum Gasteiger partial charge on any atom is -0.340 e. The molecular formula is C13H13F3N4OS. The second kappa shape index (κ2) is 5.71. The molecule has 0 N–H and O–H groups in total. The average Bonchev–Trinajstić information content (AvgIpc) is 3.18. The van der Waals surface area contributed by atoms with Gasteiger partial charge in [-0.05, 0) is 12.5 Å². The van der Waals surface area contributed by atoms with E-state index < -0.39 is 11.9 Å². The van der Waals surface area contributed by atoms with Crippen molar-refractivity contribution in [3.8, 4) is 0 Å². The van der Waals surface area contributed by atoms with Gasteiger partial charge in [-0.3, -0.25) is 9.48 Å². The highest BCUT2D eigenvalue weighted by atomic mass is 32.1. The first-order valence-electron chi connectivity index (χ1n) is 6.72. The van der Waals surface area contributed by atoms with Crippen molar-refractivity contribution in [2.75, 3.05) is 13.1 Å². The molecule has 0 aromatic carbocycles. The van der Waals surface area contributed by atoms with Gasteiger partial charge in [-0.1, -0.05) is 0 Å². The Kier molecular flexibility index (Phi) is 3.90. The van der Waals surface area contributed by atoms with Crippen LogP contribution in [-0.4, -0.2) is 38.7 Å². The molecule has 2 aromatic heterocycles. The number of hydrogen-bond acceptors (Lipinski definition) is 4. The van der Waals surface area contributed by atoms with Gasteiger partial charge in [0, 0.05) is 30.9 Å². The summed E-state index contributed by atoms with van der Waals surface area (Å²) < 4.78 is 39.3. The normalized spacial score (nSPS) is 18.9. The predicted octanol–water partition coefficient (Wildman–Crippen LogP) is 2.37. The Labute approximate surface area is 128 Å². The zero-order chi connectivity index (χ0) is 15.7. The Morgan fingerprint density at radius 1 is 1.45 bits per heavy atom. The Balaban J connectivity index is 1.60. The van der Waals surface area contributed by atoms with E-state index in [0.717, 1.165) is 23.1 Å². The van der Waals surface area contributed by atoms with E-state index in [1.807, 2.05) is 12.3 Å². The van der Waals surface area contributed by atoms with E-state index >= 15 is 0 Å². The largest absolute Gasteiger partial charge is 0.434 e. The summed E-state index contributed by atoms with van der Waals surface area (Å²) in [6.07, 6.45) is -0.240. The van der Waals surface area contributed by atoms with Gasteiger partial charge in [-0.2, -0.15) is 18.3 Å². The molecule has 0 radical (unpaired) electrons. The van der Waals surface area contributed by atoms with Crippen molar-refractivity contribution in [3.05, 3.63) is 34.5 Å². The summed E-state index contributed by atoms with van der Waals surface area (Å²) in [4.78, 5) is 17.3. The number of thiazole rings is 1. The molecule has 5 nitrogen and oxygen atoms in total. The molecule has 1 fully saturated rings. The van der Waals surface area contributed by atoms with Gasteiger partial charge in [0.1, 0.15) is 5.01 Å². The summed E-state index contributed by atoms with van der Waals surface area (Å²) in [6.45, 7) is 1.11. The molecule has 3 heterocycles. The first kappa shape index (κ1) is 15.0. The maximum atomic E-state index is 12.5. The van der Waals surface area contributed by atoms with Gasteiger partial charge >= 0.3 is 6.18 Å². The number of nitrogens with zero attached hydrogens (tertiary/aromatic N) is 4. The number of amides is 1. The third-order valence-electron chi connectivity index (χ3n) is 3.56. The summed E-state index contributed by atoms with van der Waals surface area (Å²) in [5.41, 5.74) is -0.934. The van der Waals surface area contributed by atoms with Crippen molar-refractivity contribution >= 4 is 17.2 Å². The molecule has 1 aliphatic rings. The molecule has 0 spiro atoms. The van der Waals surface area contributed by atoms with Crippen LogP contribution in [0.4, 0.5) is 13.2 Å². The second-order valence-electron chi connectivity index (χ2n) is 5.07. The summed E-state index contributed by atoms with van der Waals surface area (Å²) >= 11 is 0.866. The van der Waals surface area contributed by atoms with E-state index in [0.29, 0.717) is 13.1 Å². The van der Waals surface area contributed by atoms with Crippen LogP contribution in [0.2, 0.25) is 0 Å². The lowest BCUT2D eigenvalue weighted by Crippen LogP contribution is -2.30. The lowest BCUT2D eigenvalue weighted by Gasteiger charge is -2.16. The zero-order valence-electron chi connectivity index (χ0n) is 11.5. The first-order chi connectivity index (χ1) is 10.4. The number of hydrogen-bond donors (Lipinski definition) is 0. The molecular weight excluding hydrogens is 317 g/mol. The summed E-state index contributed by atoms with van der Waals surface area (Å²) in [7, 11) is 0. The van der Waals surface area contributed by atoms with Crippen LogP contribution in [-0.2, 0) is 17.4 Å². The molecule has 118 valence electrons. The van der Waals surface area contributed by atoms with Gasteiger partial charge in [0.25, 0.3) is 0 Å². The SMILES string of the molecule is O=C(Cc1nc(C(F)(F)F)cs1)N1CCC(n2cccn2)C1. The number of alkyl halides is 3. The summed E-state index contributed by atoms with van der Waals surface area (Å²) in [5, 5.41) is 5.29. The number of carbonyl (C=O) groups is 1. The minimum absolute atomic E-state index is 0.0907. The monoisotopic (exact) mass is 330 g/mol. The Morgan fingerprint density at radius 2 is 2.27 bits per heavy atom. The first-order valence-corrected chi connectivity index (χ1v) is 7.60. The van der Waals surface area contributed by atoms with E-state index in [1.165, 1.54) is 0 Å². The third kappa shape index (κ3) is 3.13. The second-order valence-corrected chi connectivity index (χ2v) is 6.01. The van der Waals surface area contributed by atoms with Crippen molar-refractivity contribution in [1.82, 2.24) is 19.7 Å². The number of rotatable bonds is 3. The van der Waals surface area contributed by atoms with Crippen LogP contribution in [0.5, 0.6) is 0 Å². The van der Waals surface area contributed by atoms with Gasteiger partial charge < -0.3 is 4.90 Å². The molecule has 1 aliphatic heterocycles. The van der Waals surface area contributed by atoms with Gasteiger partial charge in [0.2, 0.25) is 5.91 Å². The molecule has 22 heavy (non-hydrogen) atoms. The molecule has 1 amide bonds. The van der Waals surface area contributed by atoms with Gasteiger partial charge in [-0.25, -0.2) is 4.98 Å². The van der Waals surface area contributed by atoms with E-state index in [2.05, 4.69) is 10.1 Å². The fourth-order valence-electron chi connectivity index (χ4n) is 2.44. The lowest BCUT2D eigenvalue weighted by atomic mass is 10.3. The van der Waals surface area contributed by atoms with Crippen LogP contribution in [0.3, 0.4) is 0 Å². The predicted molar refractivity (Wildman–Crippen MR) is 73.3 cm³/mol. The van der Waals surface area contributed by atoms with E-state index in [9.17, 15) is 18.0 Å². The highest BCUT2D eigenvalue weighted by Crippen LogP contribution is 2.30. The zero-order valence-corrected chi connectivity index (χ0v) is 12.3. The topological polar surface area (TPSA) is 51.0 Å². The van der Waals surface area contributed by atoms with Crippen LogP contribution in [0, 0.1) is 0 Å². The molecule has 1 saturated heterocycles. The average molecular weight is 330 g/mol. The molecule has 3 rings (SSSR count). The van der Waals surface area contributed by atoms with Gasteiger partial charge in [0.05, 0.1) is 12.5 Å². The minimum atomic E-state index is -4.46. The highest BCUT2D eigenvalue weighted by molar-refractivity contribution is 7.09. The quantitative estimate of drug-likeness (QED) is 0.868. The highest BCUT2D eigenvalue weighted by Gasteiger charge is 2.34. The maximum absolute atomic E-state index is 12.5. The molecule has 0 bridgehead atoms. The van der Waals surface area contributed by atoms with Crippen molar-refractivity contribution in [2.45, 2.75) is 25.1 Å². The molecule has 9 heteroatoms. The van der Waals surface area contributed by atoms with Crippen LogP contribution in [0.1, 0.15) is 23.2 Å². The fraction of sp³-hybridized carbons (Fsp3) is 0.462. The summed E-state index contributed by atoms with van der Waals surface area (Å²) in [6, 6.07) is 1.94. The Hall–Kier alpha value is -1.90. The molecule has 1 atom stereocenters. The molecule has 0 aliphatic carbocycles. The Bertz CT molecular complexity index is 653. The van der Waals surface area contributed by atoms with E-state index in [-0.39, 0.29) is 23.4 Å². The third-order valence-corrected chi connectivity index (χ3v) is 4.41. The molecule has 1 unspecified atom stereocenters. The van der Waals surface area contributed by atoms with Gasteiger partial charge in [0.15, 0.2) is 5.69 Å². The standard InChI is InChI=1S/C13H13F3N4OS/c14-13(15,16)10-8-22-11(18-10)6-12(21)19-5-2-9(7-19)20-4-1-3-17-20/h1,3-4,8-9H,2,5-7H2. The van der Waals surface area contributed by atoms with Crippen molar-refractivity contribution in [1.29, 1.82) is 0 Å².